The number of nitrogens with zero attached hydrogens (tertiary/aromatic N) is 3. The summed E-state index contributed by atoms with van der Waals surface area (Å²) in [6, 6.07) is 18.6. The molecular formula is C28H32FN3O2. The SMILES string of the molecule is CCOc1ccc(-c2ccc(CC(=O)CCc3cccc(F)c3)nc2N2CCN(C)CC2)cc1. The highest BCUT2D eigenvalue weighted by molar-refractivity contribution is 5.82. The van der Waals surface area contributed by atoms with Gasteiger partial charge in [0.1, 0.15) is 23.2 Å². The van der Waals surface area contributed by atoms with Gasteiger partial charge in [0, 0.05) is 44.6 Å². The van der Waals surface area contributed by atoms with Crippen LogP contribution in [0.25, 0.3) is 11.1 Å². The maximum Gasteiger partial charge on any atom is 0.139 e. The van der Waals surface area contributed by atoms with Crippen LogP contribution in [0.4, 0.5) is 10.2 Å². The average Bonchev–Trinajstić information content (AvgIpc) is 2.84. The largest absolute Gasteiger partial charge is 0.494 e. The number of carbonyl (C=O) groups excluding carboxylic acids is 1. The van der Waals surface area contributed by atoms with Crippen molar-refractivity contribution in [1.82, 2.24) is 9.88 Å². The number of anilines is 1. The highest BCUT2D eigenvalue weighted by Gasteiger charge is 2.20. The topological polar surface area (TPSA) is 45.7 Å². The number of pyridine rings is 1. The van der Waals surface area contributed by atoms with Crippen molar-refractivity contribution in [3.63, 3.8) is 0 Å². The van der Waals surface area contributed by atoms with E-state index in [0.29, 0.717) is 19.4 Å². The lowest BCUT2D eigenvalue weighted by Gasteiger charge is -2.34. The van der Waals surface area contributed by atoms with Gasteiger partial charge in [-0.3, -0.25) is 4.79 Å². The number of hydrogen-bond acceptors (Lipinski definition) is 5. The third-order valence-corrected chi connectivity index (χ3v) is 6.17. The summed E-state index contributed by atoms with van der Waals surface area (Å²) in [7, 11) is 2.13. The summed E-state index contributed by atoms with van der Waals surface area (Å²) in [5.41, 5.74) is 3.75. The van der Waals surface area contributed by atoms with E-state index in [0.717, 1.165) is 60.1 Å². The quantitative estimate of drug-likeness (QED) is 0.459. The van der Waals surface area contributed by atoms with Crippen LogP contribution in [0.15, 0.2) is 60.7 Å². The number of ketones is 1. The van der Waals surface area contributed by atoms with Crippen LogP contribution in [0.5, 0.6) is 5.75 Å². The summed E-state index contributed by atoms with van der Waals surface area (Å²) in [5.74, 6) is 1.61. The van der Waals surface area contributed by atoms with Gasteiger partial charge in [-0.05, 0) is 67.9 Å². The first-order valence-electron chi connectivity index (χ1n) is 11.9. The minimum Gasteiger partial charge on any atom is -0.494 e. The lowest BCUT2D eigenvalue weighted by molar-refractivity contribution is -0.118. The number of aryl methyl sites for hydroxylation is 1. The van der Waals surface area contributed by atoms with Gasteiger partial charge < -0.3 is 14.5 Å². The van der Waals surface area contributed by atoms with Gasteiger partial charge >= 0.3 is 0 Å². The number of piperazine rings is 1. The zero-order valence-electron chi connectivity index (χ0n) is 20.0. The van der Waals surface area contributed by atoms with E-state index < -0.39 is 0 Å². The monoisotopic (exact) mass is 461 g/mol. The maximum absolute atomic E-state index is 13.4. The molecule has 178 valence electrons. The number of benzene rings is 2. The van der Waals surface area contributed by atoms with Crippen molar-refractivity contribution in [2.75, 3.05) is 44.7 Å². The molecule has 0 spiro atoms. The molecule has 34 heavy (non-hydrogen) atoms. The minimum absolute atomic E-state index is 0.106. The van der Waals surface area contributed by atoms with Crippen molar-refractivity contribution in [2.45, 2.75) is 26.2 Å². The molecule has 1 aliphatic heterocycles. The molecule has 2 heterocycles. The number of rotatable bonds is 9. The first-order valence-corrected chi connectivity index (χ1v) is 11.9. The summed E-state index contributed by atoms with van der Waals surface area (Å²) in [5, 5.41) is 0. The second kappa shape index (κ2) is 11.3. The Bertz CT molecular complexity index is 1110. The van der Waals surface area contributed by atoms with Gasteiger partial charge in [0.15, 0.2) is 0 Å². The Hall–Kier alpha value is -3.25. The lowest BCUT2D eigenvalue weighted by atomic mass is 10.0. The third-order valence-electron chi connectivity index (χ3n) is 6.17. The Balaban J connectivity index is 1.53. The highest BCUT2D eigenvalue weighted by atomic mass is 19.1. The molecule has 0 N–H and O–H groups in total. The number of likely N-dealkylation sites (N-methyl/N-ethyl adjacent to an activating group) is 1. The fraction of sp³-hybridized carbons (Fsp3) is 0.357. The molecular weight excluding hydrogens is 429 g/mol. The van der Waals surface area contributed by atoms with Crippen LogP contribution in [0.3, 0.4) is 0 Å². The molecule has 0 amide bonds. The Morgan fingerprint density at radius 2 is 1.79 bits per heavy atom. The Labute approximate surface area is 201 Å². The zero-order chi connectivity index (χ0) is 23.9. The highest BCUT2D eigenvalue weighted by Crippen LogP contribution is 2.31. The Morgan fingerprint density at radius 3 is 2.50 bits per heavy atom. The van der Waals surface area contributed by atoms with Gasteiger partial charge in [-0.1, -0.05) is 24.3 Å². The Morgan fingerprint density at radius 1 is 1.03 bits per heavy atom. The minimum atomic E-state index is -0.270. The van der Waals surface area contributed by atoms with Crippen molar-refractivity contribution in [3.8, 4) is 16.9 Å². The second-order valence-corrected chi connectivity index (χ2v) is 8.77. The third kappa shape index (κ3) is 6.20. The number of halogens is 1. The number of carbonyl (C=O) groups is 1. The van der Waals surface area contributed by atoms with Crippen molar-refractivity contribution >= 4 is 11.6 Å². The van der Waals surface area contributed by atoms with Gasteiger partial charge in [0.05, 0.1) is 12.3 Å². The molecule has 2 aromatic carbocycles. The van der Waals surface area contributed by atoms with E-state index in [4.69, 9.17) is 9.72 Å². The summed E-state index contributed by atoms with van der Waals surface area (Å²) in [6.45, 7) is 6.34. The van der Waals surface area contributed by atoms with Gasteiger partial charge in [-0.2, -0.15) is 0 Å². The molecule has 4 rings (SSSR count). The van der Waals surface area contributed by atoms with Gasteiger partial charge in [-0.25, -0.2) is 9.37 Å². The van der Waals surface area contributed by atoms with Crippen LogP contribution < -0.4 is 9.64 Å². The number of aromatic nitrogens is 1. The summed E-state index contributed by atoms with van der Waals surface area (Å²) >= 11 is 0. The van der Waals surface area contributed by atoms with Gasteiger partial charge in [0.2, 0.25) is 0 Å². The average molecular weight is 462 g/mol. The van der Waals surface area contributed by atoms with Crippen molar-refractivity contribution in [3.05, 3.63) is 77.7 Å². The Kier molecular flexibility index (Phi) is 7.91. The van der Waals surface area contributed by atoms with Crippen LogP contribution in [0, 0.1) is 5.82 Å². The van der Waals surface area contributed by atoms with E-state index in [-0.39, 0.29) is 18.0 Å². The molecule has 6 heteroatoms. The second-order valence-electron chi connectivity index (χ2n) is 8.77. The van der Waals surface area contributed by atoms with E-state index in [2.05, 4.69) is 35.0 Å². The molecule has 0 aliphatic carbocycles. The zero-order valence-corrected chi connectivity index (χ0v) is 20.0. The first kappa shape index (κ1) is 23.9. The first-order chi connectivity index (χ1) is 16.5. The molecule has 1 fully saturated rings. The van der Waals surface area contributed by atoms with E-state index >= 15 is 0 Å². The van der Waals surface area contributed by atoms with E-state index in [9.17, 15) is 9.18 Å². The van der Waals surface area contributed by atoms with E-state index in [1.54, 1.807) is 6.07 Å². The molecule has 3 aromatic rings. The van der Waals surface area contributed by atoms with Crippen LogP contribution in [0.1, 0.15) is 24.6 Å². The lowest BCUT2D eigenvalue weighted by Crippen LogP contribution is -2.45. The maximum atomic E-state index is 13.4. The number of Topliss-reactive ketones (excluding diaryl/α,β-unsaturated/α-hetero) is 1. The fourth-order valence-electron chi connectivity index (χ4n) is 4.23. The van der Waals surface area contributed by atoms with Crippen molar-refractivity contribution in [2.24, 2.45) is 0 Å². The molecule has 0 bridgehead atoms. The molecule has 0 atom stereocenters. The smallest absolute Gasteiger partial charge is 0.139 e. The molecule has 0 saturated carbocycles. The molecule has 1 aliphatic rings. The molecule has 0 radical (unpaired) electrons. The summed E-state index contributed by atoms with van der Waals surface area (Å²) in [4.78, 5) is 22.3. The van der Waals surface area contributed by atoms with Crippen molar-refractivity contribution < 1.29 is 13.9 Å². The van der Waals surface area contributed by atoms with Crippen LogP contribution in [0.2, 0.25) is 0 Å². The van der Waals surface area contributed by atoms with E-state index in [1.807, 2.05) is 31.2 Å². The molecule has 1 aromatic heterocycles. The van der Waals surface area contributed by atoms with E-state index in [1.165, 1.54) is 12.1 Å². The van der Waals surface area contributed by atoms with Crippen LogP contribution >= 0.6 is 0 Å². The molecule has 0 unspecified atom stereocenters. The summed E-state index contributed by atoms with van der Waals surface area (Å²) < 4.78 is 19.0. The van der Waals surface area contributed by atoms with Crippen LogP contribution in [-0.4, -0.2) is 55.5 Å². The van der Waals surface area contributed by atoms with Gasteiger partial charge in [-0.15, -0.1) is 0 Å². The normalized spacial score (nSPS) is 14.3. The summed E-state index contributed by atoms with van der Waals surface area (Å²) in [6.07, 6.45) is 1.18. The predicted molar refractivity (Wildman–Crippen MR) is 134 cm³/mol. The van der Waals surface area contributed by atoms with Gasteiger partial charge in [0.25, 0.3) is 0 Å². The number of hydrogen-bond donors (Lipinski definition) is 0. The van der Waals surface area contributed by atoms with Crippen molar-refractivity contribution in [1.29, 1.82) is 0 Å². The molecule has 1 saturated heterocycles. The fourth-order valence-corrected chi connectivity index (χ4v) is 4.23. The molecule has 5 nitrogen and oxygen atoms in total. The van der Waals surface area contributed by atoms with Crippen LogP contribution in [-0.2, 0) is 17.6 Å². The standard InChI is InChI=1S/C28H32FN3O2/c1-3-34-26-12-8-22(9-13-26)27-14-10-24(30-28(27)32-17-15-31(2)16-18-32)20-25(33)11-7-21-5-4-6-23(29)19-21/h4-6,8-10,12-14,19H,3,7,11,15-18,20H2,1-2H3. The number of ether oxygens (including phenoxy) is 1. The predicted octanol–water partition coefficient (Wildman–Crippen LogP) is 4.78.